The molecule has 1 aromatic rings. The van der Waals surface area contributed by atoms with Crippen LogP contribution in [0.15, 0.2) is 16.6 Å². The molecule has 0 radical (unpaired) electrons. The third-order valence-electron chi connectivity index (χ3n) is 3.62. The van der Waals surface area contributed by atoms with Crippen LogP contribution in [0.3, 0.4) is 0 Å². The van der Waals surface area contributed by atoms with Crippen LogP contribution in [-0.2, 0) is 21.6 Å². The van der Waals surface area contributed by atoms with E-state index in [0.717, 1.165) is 34.2 Å². The van der Waals surface area contributed by atoms with Crippen molar-refractivity contribution < 1.29 is 19.4 Å². The van der Waals surface area contributed by atoms with Crippen molar-refractivity contribution in [2.45, 2.75) is 31.3 Å². The van der Waals surface area contributed by atoms with E-state index in [-0.39, 0.29) is 18.6 Å². The van der Waals surface area contributed by atoms with Crippen molar-refractivity contribution in [1.82, 2.24) is 0 Å². The van der Waals surface area contributed by atoms with Gasteiger partial charge in [0.05, 0.1) is 13.0 Å². The quantitative estimate of drug-likeness (QED) is 0.932. The van der Waals surface area contributed by atoms with E-state index in [0.29, 0.717) is 6.61 Å². The first-order valence-electron chi connectivity index (χ1n) is 5.86. The first-order valence-corrected chi connectivity index (χ1v) is 6.65. The summed E-state index contributed by atoms with van der Waals surface area (Å²) < 4.78 is 11.6. The van der Waals surface area contributed by atoms with Crippen molar-refractivity contribution in [2.75, 3.05) is 6.79 Å². The number of benzene rings is 1. The van der Waals surface area contributed by atoms with Crippen molar-refractivity contribution in [1.29, 1.82) is 0 Å². The Morgan fingerprint density at radius 1 is 1.44 bits per heavy atom. The number of ether oxygens (including phenoxy) is 2. The zero-order chi connectivity index (χ0) is 12.8. The van der Waals surface area contributed by atoms with Gasteiger partial charge in [-0.15, -0.1) is 0 Å². The minimum Gasteiger partial charge on any atom is -0.481 e. The molecular formula is C13H13BrO4. The number of carboxylic acid groups (broad SMARTS) is 1. The fraction of sp³-hybridized carbons (Fsp3) is 0.462. The summed E-state index contributed by atoms with van der Waals surface area (Å²) in [5.74, 6) is 0.0671. The Balaban J connectivity index is 1.99. The normalized spacial score (nSPS) is 19.8. The molecule has 0 saturated heterocycles. The summed E-state index contributed by atoms with van der Waals surface area (Å²) in [6.07, 6.45) is 2.03. The molecule has 1 N–H and O–H groups in total. The molecule has 5 heteroatoms. The molecule has 0 aromatic heterocycles. The van der Waals surface area contributed by atoms with Gasteiger partial charge < -0.3 is 14.6 Å². The molecule has 0 bridgehead atoms. The summed E-state index contributed by atoms with van der Waals surface area (Å²) in [6, 6.07) is 3.95. The van der Waals surface area contributed by atoms with Crippen molar-refractivity contribution in [3.8, 4) is 5.75 Å². The fourth-order valence-electron chi connectivity index (χ4n) is 2.49. The molecule has 1 aliphatic heterocycles. The van der Waals surface area contributed by atoms with Crippen molar-refractivity contribution in [3.05, 3.63) is 27.7 Å². The molecule has 18 heavy (non-hydrogen) atoms. The van der Waals surface area contributed by atoms with E-state index >= 15 is 0 Å². The highest BCUT2D eigenvalue weighted by molar-refractivity contribution is 9.10. The number of aliphatic carboxylic acids is 1. The highest BCUT2D eigenvalue weighted by Gasteiger charge is 2.47. The Labute approximate surface area is 113 Å². The van der Waals surface area contributed by atoms with Gasteiger partial charge in [-0.25, -0.2) is 0 Å². The highest BCUT2D eigenvalue weighted by atomic mass is 79.9. The van der Waals surface area contributed by atoms with Crippen molar-refractivity contribution in [2.24, 2.45) is 0 Å². The van der Waals surface area contributed by atoms with Crippen LogP contribution in [0, 0.1) is 0 Å². The molecule has 0 atom stereocenters. The van der Waals surface area contributed by atoms with E-state index in [4.69, 9.17) is 14.6 Å². The summed E-state index contributed by atoms with van der Waals surface area (Å²) in [4.78, 5) is 11.0. The Hall–Kier alpha value is -1.07. The van der Waals surface area contributed by atoms with Gasteiger partial charge in [0, 0.05) is 15.5 Å². The van der Waals surface area contributed by atoms with Gasteiger partial charge in [-0.2, -0.15) is 0 Å². The molecule has 0 unspecified atom stereocenters. The number of halogens is 1. The Kier molecular flexibility index (Phi) is 2.83. The Morgan fingerprint density at radius 2 is 2.22 bits per heavy atom. The summed E-state index contributed by atoms with van der Waals surface area (Å²) in [6.45, 7) is 0.806. The largest absolute Gasteiger partial charge is 0.481 e. The van der Waals surface area contributed by atoms with Crippen molar-refractivity contribution in [3.63, 3.8) is 0 Å². The number of carboxylic acids is 1. The second kappa shape index (κ2) is 4.24. The number of hydrogen-bond donors (Lipinski definition) is 1. The van der Waals surface area contributed by atoms with Gasteiger partial charge in [0.15, 0.2) is 6.79 Å². The monoisotopic (exact) mass is 312 g/mol. The van der Waals surface area contributed by atoms with E-state index in [9.17, 15) is 4.79 Å². The van der Waals surface area contributed by atoms with Gasteiger partial charge in [0.1, 0.15) is 5.75 Å². The van der Waals surface area contributed by atoms with E-state index in [1.54, 1.807) is 0 Å². The summed E-state index contributed by atoms with van der Waals surface area (Å²) in [5, 5.41) is 9.01. The molecule has 96 valence electrons. The van der Waals surface area contributed by atoms with E-state index in [1.807, 2.05) is 12.1 Å². The lowest BCUT2D eigenvalue weighted by Gasteiger charge is -2.22. The molecular weight excluding hydrogens is 300 g/mol. The molecule has 1 fully saturated rings. The number of fused-ring (bicyclic) bond motifs is 1. The van der Waals surface area contributed by atoms with Crippen LogP contribution in [0.1, 0.15) is 30.4 Å². The molecule has 1 aromatic carbocycles. The van der Waals surface area contributed by atoms with Crippen LogP contribution in [0.2, 0.25) is 0 Å². The third-order valence-corrected chi connectivity index (χ3v) is 4.28. The number of rotatable bonds is 3. The van der Waals surface area contributed by atoms with Gasteiger partial charge in [-0.1, -0.05) is 15.9 Å². The van der Waals surface area contributed by atoms with Gasteiger partial charge in [0.2, 0.25) is 0 Å². The highest BCUT2D eigenvalue weighted by Crippen LogP contribution is 2.54. The standard InChI is InChI=1S/C13H13BrO4/c14-10-3-8-6-17-7-18-11(8)4-9(10)13(1-2-13)5-12(15)16/h3-4H,1-2,5-7H2,(H,15,16). The average Bonchev–Trinajstić information content (AvgIpc) is 3.08. The Bertz CT molecular complexity index is 508. The molecule has 1 heterocycles. The first-order chi connectivity index (χ1) is 8.61. The van der Waals surface area contributed by atoms with Crippen LogP contribution < -0.4 is 4.74 Å². The molecule has 0 amide bonds. The maximum Gasteiger partial charge on any atom is 0.304 e. The van der Waals surface area contributed by atoms with Gasteiger partial charge >= 0.3 is 5.97 Å². The van der Waals surface area contributed by atoms with E-state index in [1.165, 1.54) is 0 Å². The number of carbonyl (C=O) groups is 1. The lowest BCUT2D eigenvalue weighted by atomic mass is 9.91. The lowest BCUT2D eigenvalue weighted by Crippen LogP contribution is -2.16. The molecule has 4 nitrogen and oxygen atoms in total. The zero-order valence-corrected chi connectivity index (χ0v) is 11.3. The van der Waals surface area contributed by atoms with Crippen LogP contribution in [-0.4, -0.2) is 17.9 Å². The third kappa shape index (κ3) is 2.01. The zero-order valence-electron chi connectivity index (χ0n) is 9.74. The minimum absolute atomic E-state index is 0.181. The van der Waals surface area contributed by atoms with Crippen LogP contribution >= 0.6 is 15.9 Å². The summed E-state index contributed by atoms with van der Waals surface area (Å²) >= 11 is 3.54. The molecule has 3 rings (SSSR count). The number of hydrogen-bond acceptors (Lipinski definition) is 3. The van der Waals surface area contributed by atoms with Gasteiger partial charge in [-0.3, -0.25) is 4.79 Å². The maximum absolute atomic E-state index is 11.0. The van der Waals surface area contributed by atoms with Crippen molar-refractivity contribution >= 4 is 21.9 Å². The SMILES string of the molecule is O=C(O)CC1(c2cc3c(cc2Br)COCO3)CC1. The summed E-state index contributed by atoms with van der Waals surface area (Å²) in [7, 11) is 0. The summed E-state index contributed by atoms with van der Waals surface area (Å²) in [5.41, 5.74) is 1.84. The second-order valence-corrected chi connectivity index (χ2v) is 5.76. The minimum atomic E-state index is -0.749. The van der Waals surface area contributed by atoms with Gasteiger partial charge in [0.25, 0.3) is 0 Å². The van der Waals surface area contributed by atoms with Crippen LogP contribution in [0.25, 0.3) is 0 Å². The van der Waals surface area contributed by atoms with E-state index in [2.05, 4.69) is 15.9 Å². The molecule has 1 saturated carbocycles. The fourth-order valence-corrected chi connectivity index (χ4v) is 3.30. The molecule has 1 aliphatic carbocycles. The van der Waals surface area contributed by atoms with Gasteiger partial charge in [-0.05, 0) is 30.5 Å². The predicted octanol–water partition coefficient (Wildman–Crippen LogP) is 2.82. The lowest BCUT2D eigenvalue weighted by molar-refractivity contribution is -0.137. The average molecular weight is 313 g/mol. The van der Waals surface area contributed by atoms with Crippen LogP contribution in [0.5, 0.6) is 5.75 Å². The topological polar surface area (TPSA) is 55.8 Å². The molecule has 0 spiro atoms. The smallest absolute Gasteiger partial charge is 0.304 e. The Morgan fingerprint density at radius 3 is 2.89 bits per heavy atom. The second-order valence-electron chi connectivity index (χ2n) is 4.90. The van der Waals surface area contributed by atoms with E-state index < -0.39 is 5.97 Å². The van der Waals surface area contributed by atoms with Crippen LogP contribution in [0.4, 0.5) is 0 Å². The molecule has 2 aliphatic rings. The maximum atomic E-state index is 11.0. The predicted molar refractivity (Wildman–Crippen MR) is 67.6 cm³/mol. The first kappa shape index (κ1) is 12.0.